The van der Waals surface area contributed by atoms with Crippen LogP contribution in [-0.2, 0) is 6.54 Å². The zero-order valence-electron chi connectivity index (χ0n) is 11.1. The van der Waals surface area contributed by atoms with Crippen molar-refractivity contribution in [2.75, 3.05) is 0 Å². The molecule has 0 unspecified atom stereocenters. The first kappa shape index (κ1) is 13.8. The average Bonchev–Trinajstić information content (AvgIpc) is 3.15. The molecule has 7 nitrogen and oxygen atoms in total. The summed E-state index contributed by atoms with van der Waals surface area (Å²) in [6.45, 7) is 0.165. The molecule has 0 saturated heterocycles. The van der Waals surface area contributed by atoms with Crippen molar-refractivity contribution in [3.63, 3.8) is 0 Å². The van der Waals surface area contributed by atoms with E-state index in [1.807, 2.05) is 12.1 Å². The van der Waals surface area contributed by atoms with Gasteiger partial charge in [0.1, 0.15) is 18.7 Å². The Bertz CT molecular complexity index is 897. The molecule has 0 atom stereocenters. The average molecular weight is 311 g/mol. The lowest BCUT2D eigenvalue weighted by Crippen LogP contribution is -2.01. The van der Waals surface area contributed by atoms with Crippen molar-refractivity contribution in [3.05, 3.63) is 52.9 Å². The van der Waals surface area contributed by atoms with Crippen molar-refractivity contribution in [2.45, 2.75) is 6.54 Å². The summed E-state index contributed by atoms with van der Waals surface area (Å²) in [4.78, 5) is 3.85. The highest BCUT2D eigenvalue weighted by molar-refractivity contribution is 6.30. The van der Waals surface area contributed by atoms with Crippen molar-refractivity contribution >= 4 is 11.6 Å². The van der Waals surface area contributed by atoms with Crippen molar-refractivity contribution in [3.8, 4) is 23.6 Å². The van der Waals surface area contributed by atoms with Crippen molar-refractivity contribution in [1.29, 1.82) is 10.5 Å². The van der Waals surface area contributed by atoms with Gasteiger partial charge in [-0.1, -0.05) is 11.6 Å². The molecule has 3 aromatic rings. The third kappa shape index (κ3) is 2.53. The van der Waals surface area contributed by atoms with Crippen LogP contribution in [0.25, 0.3) is 11.5 Å². The Morgan fingerprint density at radius 2 is 1.91 bits per heavy atom. The van der Waals surface area contributed by atoms with Crippen LogP contribution in [0, 0.1) is 22.7 Å². The maximum Gasteiger partial charge on any atom is 0.247 e. The lowest BCUT2D eigenvalue weighted by atomic mass is 10.2. The number of hydrogen-bond acceptors (Lipinski definition) is 6. The van der Waals surface area contributed by atoms with E-state index in [9.17, 15) is 0 Å². The molecule has 0 aliphatic heterocycles. The first-order valence-corrected chi connectivity index (χ1v) is 6.52. The summed E-state index contributed by atoms with van der Waals surface area (Å²) < 4.78 is 7.03. The lowest BCUT2D eigenvalue weighted by molar-refractivity contribution is 0.487. The molecule has 8 heteroatoms. The number of nitriles is 2. The predicted octanol–water partition coefficient (Wildman–Crippen LogP) is 2.38. The van der Waals surface area contributed by atoms with E-state index in [-0.39, 0.29) is 17.9 Å². The van der Waals surface area contributed by atoms with Crippen LogP contribution in [0.15, 0.2) is 35.0 Å². The van der Waals surface area contributed by atoms with Crippen LogP contribution >= 0.6 is 11.6 Å². The fourth-order valence-corrected chi connectivity index (χ4v) is 2.00. The number of nitrogens with zero attached hydrogens (tertiary/aromatic N) is 6. The second kappa shape index (κ2) is 5.68. The topological polar surface area (TPSA) is 104 Å². The molecule has 0 bridgehead atoms. The summed E-state index contributed by atoms with van der Waals surface area (Å²) in [5.74, 6) is 0.661. The second-order valence-corrected chi connectivity index (χ2v) is 4.74. The van der Waals surface area contributed by atoms with Crippen LogP contribution in [0.5, 0.6) is 0 Å². The lowest BCUT2D eigenvalue weighted by Gasteiger charge is -1.98. The minimum Gasteiger partial charge on any atom is -0.419 e. The molecule has 0 N–H and O–H groups in total. The highest BCUT2D eigenvalue weighted by Crippen LogP contribution is 2.20. The SMILES string of the molecule is N#Cc1ncn(Cc2nnc(-c3ccc(Cl)cc3)o2)c1C#N. The van der Waals surface area contributed by atoms with Gasteiger partial charge in [-0.05, 0) is 24.3 Å². The van der Waals surface area contributed by atoms with E-state index in [0.29, 0.717) is 16.8 Å². The van der Waals surface area contributed by atoms with Crippen LogP contribution in [0.3, 0.4) is 0 Å². The molecular weight excluding hydrogens is 304 g/mol. The van der Waals surface area contributed by atoms with Gasteiger partial charge in [-0.15, -0.1) is 10.2 Å². The molecule has 2 heterocycles. The molecule has 0 amide bonds. The Kier molecular flexibility index (Phi) is 3.57. The molecular formula is C14H7ClN6O. The number of imidazole rings is 1. The molecule has 0 radical (unpaired) electrons. The Morgan fingerprint density at radius 3 is 2.59 bits per heavy atom. The van der Waals surface area contributed by atoms with Crippen LogP contribution in [0.2, 0.25) is 5.02 Å². The number of hydrogen-bond donors (Lipinski definition) is 0. The van der Waals surface area contributed by atoms with Crippen molar-refractivity contribution in [2.24, 2.45) is 0 Å². The van der Waals surface area contributed by atoms with Crippen LogP contribution < -0.4 is 0 Å². The van der Waals surface area contributed by atoms with Gasteiger partial charge in [0, 0.05) is 10.6 Å². The number of halogens is 1. The zero-order valence-corrected chi connectivity index (χ0v) is 11.8. The van der Waals surface area contributed by atoms with E-state index in [1.54, 1.807) is 24.3 Å². The number of benzene rings is 1. The van der Waals surface area contributed by atoms with Crippen LogP contribution in [-0.4, -0.2) is 19.7 Å². The molecule has 2 aromatic heterocycles. The summed E-state index contributed by atoms with van der Waals surface area (Å²) in [5, 5.41) is 26.4. The van der Waals surface area contributed by atoms with Gasteiger partial charge in [-0.2, -0.15) is 10.5 Å². The van der Waals surface area contributed by atoms with E-state index in [2.05, 4.69) is 15.2 Å². The van der Waals surface area contributed by atoms with Gasteiger partial charge >= 0.3 is 0 Å². The molecule has 22 heavy (non-hydrogen) atoms. The maximum absolute atomic E-state index is 9.07. The maximum atomic E-state index is 9.07. The smallest absolute Gasteiger partial charge is 0.247 e. The quantitative estimate of drug-likeness (QED) is 0.735. The normalized spacial score (nSPS) is 10.1. The molecule has 0 saturated carbocycles. The van der Waals surface area contributed by atoms with Crippen molar-refractivity contribution < 1.29 is 4.42 Å². The third-order valence-electron chi connectivity index (χ3n) is 2.91. The molecule has 3 rings (SSSR count). The van der Waals surface area contributed by atoms with Gasteiger partial charge < -0.3 is 8.98 Å². The van der Waals surface area contributed by atoms with Gasteiger partial charge in [0.2, 0.25) is 11.8 Å². The highest BCUT2D eigenvalue weighted by Gasteiger charge is 2.14. The van der Waals surface area contributed by atoms with Gasteiger partial charge in [0.05, 0.1) is 6.33 Å². The van der Waals surface area contributed by atoms with Gasteiger partial charge in [-0.25, -0.2) is 4.98 Å². The first-order valence-electron chi connectivity index (χ1n) is 6.15. The summed E-state index contributed by atoms with van der Waals surface area (Å²) in [5.41, 5.74) is 0.973. The Balaban J connectivity index is 1.86. The molecule has 0 spiro atoms. The Hall–Kier alpha value is -3.16. The molecule has 0 fully saturated rings. The van der Waals surface area contributed by atoms with Gasteiger partial charge in [-0.3, -0.25) is 0 Å². The minimum absolute atomic E-state index is 0.0694. The second-order valence-electron chi connectivity index (χ2n) is 4.30. The molecule has 106 valence electrons. The first-order chi connectivity index (χ1) is 10.7. The standard InChI is InChI=1S/C14H7ClN6O/c15-10-3-1-9(2-4-10)14-20-19-13(22-14)7-21-8-18-11(5-16)12(21)6-17/h1-4,8H,7H2. The molecule has 0 aliphatic carbocycles. The number of rotatable bonds is 3. The van der Waals surface area contributed by atoms with E-state index >= 15 is 0 Å². The van der Waals surface area contributed by atoms with Crippen LogP contribution in [0.1, 0.15) is 17.3 Å². The monoisotopic (exact) mass is 310 g/mol. The van der Waals surface area contributed by atoms with Crippen molar-refractivity contribution in [1.82, 2.24) is 19.7 Å². The van der Waals surface area contributed by atoms with E-state index in [0.717, 1.165) is 5.56 Å². The zero-order chi connectivity index (χ0) is 15.5. The summed E-state index contributed by atoms with van der Waals surface area (Å²) >= 11 is 5.83. The minimum atomic E-state index is 0.0694. The fraction of sp³-hybridized carbons (Fsp3) is 0.0714. The van der Waals surface area contributed by atoms with E-state index in [1.165, 1.54) is 10.9 Å². The fourth-order valence-electron chi connectivity index (χ4n) is 1.87. The summed E-state index contributed by atoms with van der Waals surface area (Å²) in [6, 6.07) is 10.8. The summed E-state index contributed by atoms with van der Waals surface area (Å²) in [7, 11) is 0. The molecule has 0 aliphatic rings. The Morgan fingerprint density at radius 1 is 1.14 bits per heavy atom. The van der Waals surface area contributed by atoms with E-state index in [4.69, 9.17) is 26.5 Å². The predicted molar refractivity (Wildman–Crippen MR) is 75.5 cm³/mol. The van der Waals surface area contributed by atoms with Gasteiger partial charge in [0.15, 0.2) is 11.4 Å². The largest absolute Gasteiger partial charge is 0.419 e. The number of aromatic nitrogens is 4. The highest BCUT2D eigenvalue weighted by atomic mass is 35.5. The summed E-state index contributed by atoms with van der Waals surface area (Å²) in [6.07, 6.45) is 1.39. The molecule has 1 aromatic carbocycles. The van der Waals surface area contributed by atoms with Gasteiger partial charge in [0.25, 0.3) is 0 Å². The van der Waals surface area contributed by atoms with Crippen LogP contribution in [0.4, 0.5) is 0 Å². The third-order valence-corrected chi connectivity index (χ3v) is 3.17. The Labute approximate surface area is 130 Å². The van der Waals surface area contributed by atoms with E-state index < -0.39 is 0 Å².